The summed E-state index contributed by atoms with van der Waals surface area (Å²) in [6, 6.07) is 3.62. The lowest BCUT2D eigenvalue weighted by molar-refractivity contribution is -0.274. The first-order valence-corrected chi connectivity index (χ1v) is 4.52. The first-order chi connectivity index (χ1) is 7.59. The lowest BCUT2D eigenvalue weighted by Gasteiger charge is -2.16. The average molecular weight is 258 g/mol. The first kappa shape index (κ1) is 13.7. The van der Waals surface area contributed by atoms with Crippen LogP contribution in [0.3, 0.4) is 0 Å². The van der Waals surface area contributed by atoms with E-state index in [-0.39, 0.29) is 5.56 Å². The van der Waals surface area contributed by atoms with Gasteiger partial charge in [0.2, 0.25) is 0 Å². The molecule has 17 heavy (non-hydrogen) atoms. The summed E-state index contributed by atoms with van der Waals surface area (Å²) >= 11 is 0. The summed E-state index contributed by atoms with van der Waals surface area (Å²) in [4.78, 5) is 0. The van der Waals surface area contributed by atoms with Crippen molar-refractivity contribution >= 4 is 0 Å². The predicted molar refractivity (Wildman–Crippen MR) is 47.6 cm³/mol. The zero-order chi connectivity index (χ0) is 13.3. The quantitative estimate of drug-likeness (QED) is 0.720. The fourth-order valence-electron chi connectivity index (χ4n) is 1.15. The second-order valence-electron chi connectivity index (χ2n) is 3.38. The minimum absolute atomic E-state index is 0.118. The normalized spacial score (nSPS) is 14.5. The van der Waals surface area contributed by atoms with Crippen molar-refractivity contribution in [2.45, 2.75) is 25.4 Å². The van der Waals surface area contributed by atoms with Crippen LogP contribution in [0.2, 0.25) is 0 Å². The number of hydrogen-bond donors (Lipinski definition) is 0. The van der Waals surface area contributed by atoms with Crippen molar-refractivity contribution in [3.8, 4) is 5.75 Å². The van der Waals surface area contributed by atoms with Gasteiger partial charge in [-0.25, -0.2) is 0 Å². The molecule has 0 aliphatic rings. The summed E-state index contributed by atoms with van der Waals surface area (Å²) < 4.78 is 75.8. The van der Waals surface area contributed by atoms with E-state index >= 15 is 0 Å². The minimum Gasteiger partial charge on any atom is -0.406 e. The molecule has 0 aliphatic carbocycles. The summed E-state index contributed by atoms with van der Waals surface area (Å²) in [6.07, 6.45) is -9.27. The number of benzene rings is 1. The molecule has 96 valence electrons. The molecule has 0 amide bonds. The van der Waals surface area contributed by atoms with E-state index in [2.05, 4.69) is 4.74 Å². The third-order valence-corrected chi connectivity index (χ3v) is 2.10. The van der Waals surface area contributed by atoms with Crippen molar-refractivity contribution in [1.82, 2.24) is 0 Å². The van der Waals surface area contributed by atoms with Crippen molar-refractivity contribution in [2.24, 2.45) is 0 Å². The van der Waals surface area contributed by atoms with E-state index < -0.39 is 24.2 Å². The molecule has 0 heterocycles. The molecule has 0 spiro atoms. The molecule has 0 aromatic heterocycles. The van der Waals surface area contributed by atoms with Gasteiger partial charge in [-0.1, -0.05) is 12.1 Å². The van der Waals surface area contributed by atoms with Crippen molar-refractivity contribution < 1.29 is 31.1 Å². The Morgan fingerprint density at radius 1 is 0.941 bits per heavy atom. The second kappa shape index (κ2) is 4.46. The van der Waals surface area contributed by atoms with E-state index in [4.69, 9.17) is 0 Å². The number of alkyl halides is 6. The Morgan fingerprint density at radius 3 is 1.76 bits per heavy atom. The predicted octanol–water partition coefficient (Wildman–Crippen LogP) is 4.25. The molecule has 1 nitrogen and oxygen atoms in total. The Kier molecular flexibility index (Phi) is 3.59. The summed E-state index contributed by atoms with van der Waals surface area (Å²) in [5, 5.41) is 0. The molecule has 0 saturated carbocycles. The molecule has 1 atom stereocenters. The fourth-order valence-corrected chi connectivity index (χ4v) is 1.15. The molecule has 0 saturated heterocycles. The highest BCUT2D eigenvalue weighted by Gasteiger charge is 2.37. The van der Waals surface area contributed by atoms with Crippen LogP contribution in [0.1, 0.15) is 18.4 Å². The Morgan fingerprint density at radius 2 is 1.41 bits per heavy atom. The summed E-state index contributed by atoms with van der Waals surface area (Å²) in [5.74, 6) is -2.28. The van der Waals surface area contributed by atoms with Crippen LogP contribution in [0.25, 0.3) is 0 Å². The third-order valence-electron chi connectivity index (χ3n) is 2.10. The molecule has 0 radical (unpaired) electrons. The van der Waals surface area contributed by atoms with Gasteiger partial charge in [-0.05, 0) is 24.6 Å². The largest absolute Gasteiger partial charge is 0.573 e. The zero-order valence-corrected chi connectivity index (χ0v) is 8.56. The molecule has 1 unspecified atom stereocenters. The zero-order valence-electron chi connectivity index (χ0n) is 8.56. The van der Waals surface area contributed by atoms with Crippen molar-refractivity contribution in [3.63, 3.8) is 0 Å². The van der Waals surface area contributed by atoms with Crippen LogP contribution in [-0.2, 0) is 0 Å². The summed E-state index contributed by atoms with van der Waals surface area (Å²) in [5.41, 5.74) is -0.118. The molecule has 1 aromatic rings. The SMILES string of the molecule is CC(c1ccc(OC(F)(F)F)cc1)C(F)(F)F. The molecule has 0 aliphatic heterocycles. The van der Waals surface area contributed by atoms with Crippen LogP contribution in [-0.4, -0.2) is 12.5 Å². The first-order valence-electron chi connectivity index (χ1n) is 4.52. The van der Waals surface area contributed by atoms with Gasteiger partial charge < -0.3 is 4.74 Å². The molecular formula is C10H8F6O. The maximum absolute atomic E-state index is 12.3. The summed E-state index contributed by atoms with van der Waals surface area (Å²) in [6.45, 7) is 0.930. The highest BCUT2D eigenvalue weighted by molar-refractivity contribution is 5.29. The Bertz CT molecular complexity index is 364. The van der Waals surface area contributed by atoms with Crippen LogP contribution in [0.4, 0.5) is 26.3 Å². The van der Waals surface area contributed by atoms with Crippen LogP contribution in [0.5, 0.6) is 5.75 Å². The van der Waals surface area contributed by atoms with Gasteiger partial charge in [0.15, 0.2) is 0 Å². The van der Waals surface area contributed by atoms with Crippen LogP contribution in [0.15, 0.2) is 24.3 Å². The maximum Gasteiger partial charge on any atom is 0.573 e. The van der Waals surface area contributed by atoms with Crippen molar-refractivity contribution in [3.05, 3.63) is 29.8 Å². The number of rotatable bonds is 2. The molecule has 0 N–H and O–H groups in total. The van der Waals surface area contributed by atoms with Crippen molar-refractivity contribution in [1.29, 1.82) is 0 Å². The smallest absolute Gasteiger partial charge is 0.406 e. The van der Waals surface area contributed by atoms with Gasteiger partial charge in [0.1, 0.15) is 5.75 Å². The van der Waals surface area contributed by atoms with Gasteiger partial charge in [-0.15, -0.1) is 13.2 Å². The molecule has 0 bridgehead atoms. The number of ether oxygens (including phenoxy) is 1. The monoisotopic (exact) mass is 258 g/mol. The molecular weight excluding hydrogens is 250 g/mol. The highest BCUT2D eigenvalue weighted by atomic mass is 19.4. The Hall–Kier alpha value is -1.40. The van der Waals surface area contributed by atoms with E-state index in [1.54, 1.807) is 0 Å². The van der Waals surface area contributed by atoms with E-state index in [1.807, 2.05) is 0 Å². The van der Waals surface area contributed by atoms with Gasteiger partial charge in [-0.3, -0.25) is 0 Å². The van der Waals surface area contributed by atoms with Crippen LogP contribution >= 0.6 is 0 Å². The van der Waals surface area contributed by atoms with Crippen LogP contribution in [0, 0.1) is 0 Å². The summed E-state index contributed by atoms with van der Waals surface area (Å²) in [7, 11) is 0. The van der Waals surface area contributed by atoms with Gasteiger partial charge in [0.05, 0.1) is 5.92 Å². The van der Waals surface area contributed by atoms with E-state index in [9.17, 15) is 26.3 Å². The molecule has 0 fully saturated rings. The Labute approximate surface area is 93.0 Å². The minimum atomic E-state index is -4.85. The van der Waals surface area contributed by atoms with E-state index in [0.29, 0.717) is 0 Å². The van der Waals surface area contributed by atoms with Crippen molar-refractivity contribution in [2.75, 3.05) is 0 Å². The molecule has 7 heteroatoms. The lowest BCUT2D eigenvalue weighted by Crippen LogP contribution is -2.18. The molecule has 1 rings (SSSR count). The van der Waals surface area contributed by atoms with E-state index in [1.165, 1.54) is 0 Å². The number of halogens is 6. The number of hydrogen-bond acceptors (Lipinski definition) is 1. The maximum atomic E-state index is 12.3. The van der Waals surface area contributed by atoms with Gasteiger partial charge in [0, 0.05) is 0 Å². The van der Waals surface area contributed by atoms with Crippen LogP contribution < -0.4 is 4.74 Å². The standard InChI is InChI=1S/C10H8F6O/c1-6(9(11,12)13)7-2-4-8(5-3-7)17-10(14,15)16/h2-6H,1H3. The molecule has 1 aromatic carbocycles. The second-order valence-corrected chi connectivity index (χ2v) is 3.38. The average Bonchev–Trinajstić information content (AvgIpc) is 2.14. The topological polar surface area (TPSA) is 9.23 Å². The van der Waals surface area contributed by atoms with Gasteiger partial charge in [0.25, 0.3) is 0 Å². The van der Waals surface area contributed by atoms with E-state index in [0.717, 1.165) is 31.2 Å². The lowest BCUT2D eigenvalue weighted by atomic mass is 10.0. The fraction of sp³-hybridized carbons (Fsp3) is 0.400. The Balaban J connectivity index is 2.82. The third kappa shape index (κ3) is 4.16. The highest BCUT2D eigenvalue weighted by Crippen LogP contribution is 2.35. The van der Waals surface area contributed by atoms with Gasteiger partial charge >= 0.3 is 12.5 Å². The van der Waals surface area contributed by atoms with Gasteiger partial charge in [-0.2, -0.15) is 13.2 Å².